The Kier molecular flexibility index (Phi) is 9.08. The van der Waals surface area contributed by atoms with Crippen LogP contribution in [0.15, 0.2) is 53.7 Å². The van der Waals surface area contributed by atoms with Crippen molar-refractivity contribution in [2.75, 3.05) is 33.4 Å². The van der Waals surface area contributed by atoms with E-state index in [1.807, 2.05) is 24.3 Å². The molecule has 0 amide bonds. The lowest BCUT2D eigenvalue weighted by Crippen LogP contribution is -2.37. The summed E-state index contributed by atoms with van der Waals surface area (Å²) >= 11 is 5.48. The van der Waals surface area contributed by atoms with Crippen LogP contribution in [-0.4, -0.2) is 49.0 Å². The van der Waals surface area contributed by atoms with Gasteiger partial charge in [-0.25, -0.2) is 0 Å². The van der Waals surface area contributed by atoms with Crippen LogP contribution in [0.1, 0.15) is 36.0 Å². The molecule has 5 nitrogen and oxygen atoms in total. The number of benzene rings is 2. The molecule has 0 spiro atoms. The first-order chi connectivity index (χ1) is 15.9. The number of oxime groups is 1. The minimum atomic E-state index is -4.36. The number of nitrogens with zero attached hydrogens (tertiary/aromatic N) is 2. The predicted molar refractivity (Wildman–Crippen MR) is 125 cm³/mol. The Morgan fingerprint density at radius 1 is 0.970 bits per heavy atom. The normalized spacial score (nSPS) is 14.8. The van der Waals surface area contributed by atoms with Gasteiger partial charge in [0.15, 0.2) is 0 Å². The summed E-state index contributed by atoms with van der Waals surface area (Å²) in [6, 6.07) is 12.1. The molecule has 0 aliphatic carbocycles. The highest BCUT2D eigenvalue weighted by atomic mass is 32.1. The fourth-order valence-electron chi connectivity index (χ4n) is 3.40. The zero-order valence-corrected chi connectivity index (χ0v) is 19.3. The SMILES string of the molecule is COCC(=NOCc1ccc(C(F)(F)F)cc1)c1ccc(OCC(=S)N2CCCCC2)cc1. The summed E-state index contributed by atoms with van der Waals surface area (Å²) in [6.45, 7) is 2.60. The van der Waals surface area contributed by atoms with Crippen LogP contribution < -0.4 is 4.74 Å². The van der Waals surface area contributed by atoms with Crippen LogP contribution in [0.2, 0.25) is 0 Å². The monoisotopic (exact) mass is 480 g/mol. The third kappa shape index (κ3) is 7.71. The highest BCUT2D eigenvalue weighted by Gasteiger charge is 2.29. The van der Waals surface area contributed by atoms with Crippen molar-refractivity contribution in [3.05, 3.63) is 65.2 Å². The van der Waals surface area contributed by atoms with E-state index >= 15 is 0 Å². The first-order valence-corrected chi connectivity index (χ1v) is 11.1. The lowest BCUT2D eigenvalue weighted by molar-refractivity contribution is -0.137. The van der Waals surface area contributed by atoms with E-state index in [9.17, 15) is 13.2 Å². The fraction of sp³-hybridized carbons (Fsp3) is 0.417. The number of thiocarbonyl (C=S) groups is 1. The fourth-order valence-corrected chi connectivity index (χ4v) is 3.64. The molecule has 3 rings (SSSR count). The zero-order chi connectivity index (χ0) is 23.7. The average molecular weight is 481 g/mol. The van der Waals surface area contributed by atoms with Gasteiger partial charge in [-0.1, -0.05) is 29.5 Å². The van der Waals surface area contributed by atoms with Crippen LogP contribution in [0.5, 0.6) is 5.75 Å². The van der Waals surface area contributed by atoms with Gasteiger partial charge in [0.2, 0.25) is 0 Å². The highest BCUT2D eigenvalue weighted by molar-refractivity contribution is 7.80. The Balaban J connectivity index is 1.54. The van der Waals surface area contributed by atoms with Crippen molar-refractivity contribution in [1.29, 1.82) is 0 Å². The molecule has 0 bridgehead atoms. The van der Waals surface area contributed by atoms with Crippen LogP contribution in [0.3, 0.4) is 0 Å². The van der Waals surface area contributed by atoms with Crippen molar-refractivity contribution < 1.29 is 27.5 Å². The summed E-state index contributed by atoms with van der Waals surface area (Å²) in [5.41, 5.74) is 1.22. The van der Waals surface area contributed by atoms with Crippen LogP contribution >= 0.6 is 12.2 Å². The molecule has 0 atom stereocenters. The van der Waals surface area contributed by atoms with Crippen LogP contribution in [0.25, 0.3) is 0 Å². The minimum Gasteiger partial charge on any atom is -0.486 e. The maximum absolute atomic E-state index is 12.7. The van der Waals surface area contributed by atoms with E-state index in [2.05, 4.69) is 10.1 Å². The Hall–Kier alpha value is -2.65. The van der Waals surface area contributed by atoms with E-state index in [0.717, 1.165) is 48.6 Å². The quantitative estimate of drug-likeness (QED) is 0.271. The molecule has 0 saturated carbocycles. The van der Waals surface area contributed by atoms with Gasteiger partial charge >= 0.3 is 6.18 Å². The summed E-state index contributed by atoms with van der Waals surface area (Å²) in [7, 11) is 1.55. The number of methoxy groups -OCH3 is 1. The predicted octanol–water partition coefficient (Wildman–Crippen LogP) is 5.46. The second kappa shape index (κ2) is 12.0. The van der Waals surface area contributed by atoms with Crippen molar-refractivity contribution >= 4 is 22.9 Å². The lowest BCUT2D eigenvalue weighted by atomic mass is 10.1. The molecular weight excluding hydrogens is 453 g/mol. The van der Waals surface area contributed by atoms with Crippen molar-refractivity contribution in [3.63, 3.8) is 0 Å². The van der Waals surface area contributed by atoms with Crippen molar-refractivity contribution in [2.45, 2.75) is 32.0 Å². The van der Waals surface area contributed by atoms with Gasteiger partial charge in [0.1, 0.15) is 29.7 Å². The van der Waals surface area contributed by atoms with Crippen molar-refractivity contribution in [3.8, 4) is 5.75 Å². The summed E-state index contributed by atoms with van der Waals surface area (Å²) in [5, 5.41) is 4.12. The number of hydrogen-bond acceptors (Lipinski definition) is 5. The van der Waals surface area contributed by atoms with Crippen molar-refractivity contribution in [1.82, 2.24) is 4.90 Å². The molecule has 0 N–H and O–H groups in total. The Bertz CT molecular complexity index is 925. The second-order valence-corrected chi connectivity index (χ2v) is 8.16. The summed E-state index contributed by atoms with van der Waals surface area (Å²) in [4.78, 5) is 8.38. The Morgan fingerprint density at radius 2 is 1.64 bits per heavy atom. The number of piperidine rings is 1. The maximum Gasteiger partial charge on any atom is 0.416 e. The standard InChI is InChI=1S/C24H27F3N2O3S/c1-30-16-22(28-32-15-18-5-9-20(10-6-18)24(25,26)27)19-7-11-21(12-8-19)31-17-23(33)29-13-3-2-4-14-29/h5-12H,2-4,13-17H2,1H3. The van der Waals surface area contributed by atoms with E-state index in [4.69, 9.17) is 26.5 Å². The topological polar surface area (TPSA) is 43.3 Å². The second-order valence-electron chi connectivity index (χ2n) is 7.69. The molecule has 1 heterocycles. The number of rotatable bonds is 9. The average Bonchev–Trinajstić information content (AvgIpc) is 2.83. The number of halogens is 3. The molecular formula is C24H27F3N2O3S. The molecule has 33 heavy (non-hydrogen) atoms. The van der Waals surface area contributed by atoms with Gasteiger partial charge in [-0.15, -0.1) is 0 Å². The van der Waals surface area contributed by atoms with E-state index in [1.54, 1.807) is 7.11 Å². The number of alkyl halides is 3. The van der Waals surface area contributed by atoms with Crippen molar-refractivity contribution in [2.24, 2.45) is 5.16 Å². The number of hydrogen-bond donors (Lipinski definition) is 0. The van der Waals surface area contributed by atoms with Gasteiger partial charge < -0.3 is 19.2 Å². The molecule has 1 fully saturated rings. The largest absolute Gasteiger partial charge is 0.486 e. The van der Waals surface area contributed by atoms with Gasteiger partial charge in [0.25, 0.3) is 0 Å². The molecule has 2 aromatic rings. The van der Waals surface area contributed by atoms with Gasteiger partial charge in [-0.05, 0) is 61.2 Å². The molecule has 178 valence electrons. The molecule has 0 unspecified atom stereocenters. The van der Waals surface area contributed by atoms with E-state index < -0.39 is 11.7 Å². The summed E-state index contributed by atoms with van der Waals surface area (Å²) in [5.74, 6) is 0.695. The van der Waals surface area contributed by atoms with Gasteiger partial charge in [-0.3, -0.25) is 0 Å². The molecule has 0 radical (unpaired) electrons. The van der Waals surface area contributed by atoms with E-state index in [0.29, 0.717) is 23.6 Å². The molecule has 1 aliphatic heterocycles. The first-order valence-electron chi connectivity index (χ1n) is 10.7. The highest BCUT2D eigenvalue weighted by Crippen LogP contribution is 2.29. The molecule has 1 aliphatic rings. The molecule has 9 heteroatoms. The number of likely N-dealkylation sites (tertiary alicyclic amines) is 1. The van der Waals surface area contributed by atoms with Crippen LogP contribution in [0.4, 0.5) is 13.2 Å². The Labute approximate surface area is 197 Å². The molecule has 0 aromatic heterocycles. The summed E-state index contributed by atoms with van der Waals surface area (Å²) in [6.07, 6.45) is -0.785. The lowest BCUT2D eigenvalue weighted by Gasteiger charge is -2.28. The van der Waals surface area contributed by atoms with Gasteiger partial charge in [0.05, 0.1) is 12.2 Å². The smallest absolute Gasteiger partial charge is 0.416 e. The van der Waals surface area contributed by atoms with Gasteiger partial charge in [0, 0.05) is 25.8 Å². The third-order valence-corrected chi connectivity index (χ3v) is 5.60. The van der Waals surface area contributed by atoms with Crippen LogP contribution in [-0.2, 0) is 22.4 Å². The molecule has 2 aromatic carbocycles. The van der Waals surface area contributed by atoms with E-state index in [-0.39, 0.29) is 13.2 Å². The van der Waals surface area contributed by atoms with Gasteiger partial charge in [-0.2, -0.15) is 13.2 Å². The maximum atomic E-state index is 12.7. The number of ether oxygens (including phenoxy) is 2. The molecule has 1 saturated heterocycles. The first kappa shape index (κ1) is 25.0. The Morgan fingerprint density at radius 3 is 2.24 bits per heavy atom. The van der Waals surface area contributed by atoms with E-state index in [1.165, 1.54) is 18.6 Å². The van der Waals surface area contributed by atoms with Crippen LogP contribution in [0, 0.1) is 0 Å². The minimum absolute atomic E-state index is 0.0422. The third-order valence-electron chi connectivity index (χ3n) is 5.23. The summed E-state index contributed by atoms with van der Waals surface area (Å²) < 4.78 is 49.0. The zero-order valence-electron chi connectivity index (χ0n) is 18.4.